The zero-order valence-electron chi connectivity index (χ0n) is 20.1. The van der Waals surface area contributed by atoms with Crippen LogP contribution < -0.4 is 18.7 Å². The topological polar surface area (TPSA) is 79.4 Å². The summed E-state index contributed by atoms with van der Waals surface area (Å²) in [4.78, 5) is 17.3. The van der Waals surface area contributed by atoms with Crippen molar-refractivity contribution in [1.29, 1.82) is 0 Å². The van der Waals surface area contributed by atoms with Gasteiger partial charge in [-0.3, -0.25) is 9.10 Å². The average molecular weight is 530 g/mol. The highest BCUT2D eigenvalue weighted by Crippen LogP contribution is 2.35. The Morgan fingerprint density at radius 1 is 0.917 bits per heavy atom. The number of methoxy groups -OCH3 is 2. The van der Waals surface area contributed by atoms with Gasteiger partial charge in [0, 0.05) is 36.9 Å². The summed E-state index contributed by atoms with van der Waals surface area (Å²) in [5.74, 6) is 0.783. The van der Waals surface area contributed by atoms with Gasteiger partial charge in [0.25, 0.3) is 10.0 Å². The van der Waals surface area contributed by atoms with Crippen LogP contribution in [0, 0.1) is 0 Å². The molecule has 3 aromatic carbocycles. The van der Waals surface area contributed by atoms with Gasteiger partial charge >= 0.3 is 0 Å². The molecule has 0 radical (unpaired) electrons. The summed E-state index contributed by atoms with van der Waals surface area (Å²) in [7, 11) is -1.00. The molecule has 0 bridgehead atoms. The third-order valence-electron chi connectivity index (χ3n) is 6.09. The van der Waals surface area contributed by atoms with Crippen molar-refractivity contribution in [3.8, 4) is 11.5 Å². The normalized spacial score (nSPS) is 13.9. The second kappa shape index (κ2) is 11.1. The predicted molar refractivity (Wildman–Crippen MR) is 141 cm³/mol. The lowest BCUT2D eigenvalue weighted by Gasteiger charge is -2.37. The number of nitrogens with zero attached hydrogens (tertiary/aromatic N) is 3. The Morgan fingerprint density at radius 2 is 1.58 bits per heavy atom. The zero-order valence-corrected chi connectivity index (χ0v) is 21.7. The molecule has 1 aliphatic rings. The van der Waals surface area contributed by atoms with Gasteiger partial charge < -0.3 is 19.3 Å². The second-order valence-corrected chi connectivity index (χ2v) is 10.5. The average Bonchev–Trinajstić information content (AvgIpc) is 2.92. The molecule has 0 atom stereocenters. The number of anilines is 2. The molecule has 1 saturated heterocycles. The smallest absolute Gasteiger partial charge is 0.264 e. The first kappa shape index (κ1) is 25.7. The van der Waals surface area contributed by atoms with Crippen molar-refractivity contribution in [2.75, 3.05) is 56.1 Å². The molecule has 0 aromatic heterocycles. The number of amides is 1. The van der Waals surface area contributed by atoms with Crippen molar-refractivity contribution in [3.05, 3.63) is 77.8 Å². The van der Waals surface area contributed by atoms with E-state index in [2.05, 4.69) is 4.90 Å². The van der Waals surface area contributed by atoms with Crippen molar-refractivity contribution in [2.24, 2.45) is 0 Å². The van der Waals surface area contributed by atoms with Crippen LogP contribution in [0.15, 0.2) is 77.7 Å². The van der Waals surface area contributed by atoms with Crippen molar-refractivity contribution in [1.82, 2.24) is 4.90 Å². The molecule has 190 valence electrons. The lowest BCUT2D eigenvalue weighted by molar-refractivity contribution is -0.129. The highest BCUT2D eigenvalue weighted by Gasteiger charge is 2.32. The molecule has 1 fully saturated rings. The number of piperazine rings is 1. The van der Waals surface area contributed by atoms with Crippen LogP contribution in [0.2, 0.25) is 5.02 Å². The third-order valence-corrected chi connectivity index (χ3v) is 8.10. The first-order valence-corrected chi connectivity index (χ1v) is 13.2. The maximum absolute atomic E-state index is 13.7. The lowest BCUT2D eigenvalue weighted by Crippen LogP contribution is -2.52. The van der Waals surface area contributed by atoms with Crippen LogP contribution in [-0.2, 0) is 14.8 Å². The van der Waals surface area contributed by atoms with Gasteiger partial charge in [0.05, 0.1) is 24.8 Å². The number of rotatable bonds is 8. The van der Waals surface area contributed by atoms with E-state index in [1.165, 1.54) is 25.3 Å². The lowest BCUT2D eigenvalue weighted by atomic mass is 10.2. The molecule has 0 saturated carbocycles. The molecule has 36 heavy (non-hydrogen) atoms. The molecule has 1 amide bonds. The number of ether oxygens (including phenoxy) is 2. The third kappa shape index (κ3) is 5.52. The van der Waals surface area contributed by atoms with Crippen molar-refractivity contribution >= 4 is 38.9 Å². The molecule has 4 rings (SSSR count). The number of hydrogen-bond acceptors (Lipinski definition) is 6. The molecule has 0 spiro atoms. The van der Waals surface area contributed by atoms with Gasteiger partial charge in [-0.1, -0.05) is 29.8 Å². The highest BCUT2D eigenvalue weighted by molar-refractivity contribution is 7.92. The van der Waals surface area contributed by atoms with E-state index in [-0.39, 0.29) is 23.0 Å². The van der Waals surface area contributed by atoms with Gasteiger partial charge in [-0.2, -0.15) is 0 Å². The molecule has 0 unspecified atom stereocenters. The fraction of sp³-hybridized carbons (Fsp3) is 0.269. The molecule has 0 N–H and O–H groups in total. The monoisotopic (exact) mass is 529 g/mol. The molecule has 8 nitrogen and oxygen atoms in total. The van der Waals surface area contributed by atoms with E-state index in [0.717, 1.165) is 15.7 Å². The van der Waals surface area contributed by atoms with Gasteiger partial charge in [0.1, 0.15) is 18.0 Å². The fourth-order valence-corrected chi connectivity index (χ4v) is 5.71. The number of benzene rings is 3. The zero-order chi connectivity index (χ0) is 25.7. The minimum atomic E-state index is -4.07. The molecule has 1 aliphatic heterocycles. The van der Waals surface area contributed by atoms with Crippen LogP contribution in [-0.4, -0.2) is 66.2 Å². The van der Waals surface area contributed by atoms with Crippen LogP contribution in [0.3, 0.4) is 0 Å². The minimum Gasteiger partial charge on any atom is -0.497 e. The maximum Gasteiger partial charge on any atom is 0.264 e. The largest absolute Gasteiger partial charge is 0.497 e. The van der Waals surface area contributed by atoms with Crippen molar-refractivity contribution in [3.63, 3.8) is 0 Å². The summed E-state index contributed by atoms with van der Waals surface area (Å²) >= 11 is 6.21. The van der Waals surface area contributed by atoms with Gasteiger partial charge in [-0.05, 0) is 54.6 Å². The number of carbonyl (C=O) groups is 1. The molecule has 1 heterocycles. The molecule has 3 aromatic rings. The van der Waals surface area contributed by atoms with E-state index in [9.17, 15) is 13.2 Å². The van der Waals surface area contributed by atoms with E-state index in [0.29, 0.717) is 37.0 Å². The summed E-state index contributed by atoms with van der Waals surface area (Å²) in [6, 6.07) is 20.5. The van der Waals surface area contributed by atoms with Gasteiger partial charge in [-0.25, -0.2) is 8.42 Å². The van der Waals surface area contributed by atoms with E-state index in [1.54, 1.807) is 42.3 Å². The first-order valence-electron chi connectivity index (χ1n) is 11.4. The van der Waals surface area contributed by atoms with Crippen LogP contribution >= 0.6 is 11.6 Å². The van der Waals surface area contributed by atoms with Crippen LogP contribution in [0.1, 0.15) is 0 Å². The fourth-order valence-electron chi connectivity index (χ4n) is 4.11. The van der Waals surface area contributed by atoms with Gasteiger partial charge in [0.2, 0.25) is 5.91 Å². The second-order valence-electron chi connectivity index (χ2n) is 8.21. The first-order chi connectivity index (χ1) is 17.3. The predicted octanol–water partition coefficient (Wildman–Crippen LogP) is 3.90. The number of hydrogen-bond donors (Lipinski definition) is 0. The quantitative estimate of drug-likeness (QED) is 0.440. The summed E-state index contributed by atoms with van der Waals surface area (Å²) in [5, 5.41) is 0.333. The Balaban J connectivity index is 1.56. The maximum atomic E-state index is 13.7. The van der Waals surface area contributed by atoms with Crippen molar-refractivity contribution < 1.29 is 22.7 Å². The van der Waals surface area contributed by atoms with Crippen LogP contribution in [0.25, 0.3) is 0 Å². The highest BCUT2D eigenvalue weighted by atomic mass is 35.5. The minimum absolute atomic E-state index is 0.0733. The van der Waals surface area contributed by atoms with E-state index >= 15 is 0 Å². The SMILES string of the molecule is COc1ccc(N2CCN(C(=O)CN(c3cc(Cl)ccc3OC)S(=O)(=O)c3ccccc3)CC2)cc1. The molecule has 10 heteroatoms. The van der Waals surface area contributed by atoms with Gasteiger partial charge in [0.15, 0.2) is 0 Å². The summed E-state index contributed by atoms with van der Waals surface area (Å²) < 4.78 is 39.0. The Bertz CT molecular complexity index is 1290. The van der Waals surface area contributed by atoms with E-state index in [1.807, 2.05) is 24.3 Å². The van der Waals surface area contributed by atoms with Gasteiger partial charge in [-0.15, -0.1) is 0 Å². The van der Waals surface area contributed by atoms with Crippen molar-refractivity contribution in [2.45, 2.75) is 4.90 Å². The standard InChI is InChI=1S/C26H28ClN3O5S/c1-34-22-11-9-21(10-12-22)28-14-16-29(17-15-28)26(31)19-30(24-18-20(27)8-13-25(24)35-2)36(32,33)23-6-4-3-5-7-23/h3-13,18H,14-17,19H2,1-2H3. The Labute approximate surface area is 216 Å². The molecule has 0 aliphatic carbocycles. The van der Waals surface area contributed by atoms with E-state index < -0.39 is 10.0 Å². The Kier molecular flexibility index (Phi) is 7.91. The van der Waals surface area contributed by atoms with E-state index in [4.69, 9.17) is 21.1 Å². The molecular formula is C26H28ClN3O5S. The Morgan fingerprint density at radius 3 is 2.19 bits per heavy atom. The number of halogens is 1. The molecular weight excluding hydrogens is 502 g/mol. The summed E-state index contributed by atoms with van der Waals surface area (Å²) in [5.41, 5.74) is 1.25. The summed E-state index contributed by atoms with van der Waals surface area (Å²) in [6.07, 6.45) is 0. The van der Waals surface area contributed by atoms with Crippen LogP contribution in [0.4, 0.5) is 11.4 Å². The number of sulfonamides is 1. The number of carbonyl (C=O) groups excluding carboxylic acids is 1. The van der Waals surface area contributed by atoms with Crippen LogP contribution in [0.5, 0.6) is 11.5 Å². The summed E-state index contributed by atoms with van der Waals surface area (Å²) in [6.45, 7) is 1.82. The Hall–Kier alpha value is -3.43.